The lowest BCUT2D eigenvalue weighted by molar-refractivity contribution is -0.189. The number of carbonyl (C=O) groups excluding carboxylic acids is 1. The van der Waals surface area contributed by atoms with Crippen LogP contribution in [0.5, 0.6) is 5.75 Å². The lowest BCUT2D eigenvalue weighted by Gasteiger charge is -2.27. The Bertz CT molecular complexity index is 479. The van der Waals surface area contributed by atoms with E-state index in [4.69, 9.17) is 1.41 Å². The van der Waals surface area contributed by atoms with Crippen LogP contribution < -0.4 is 10.0 Å². The van der Waals surface area contributed by atoms with Crippen LogP contribution in [0.3, 0.4) is 0 Å². The molecule has 1 aromatic rings. The number of aliphatic hydroxyl groups is 1. The molecule has 0 saturated carbocycles. The molecular weight excluding hydrogens is 220 g/mol. The second kappa shape index (κ2) is 3.41. The summed E-state index contributed by atoms with van der Waals surface area (Å²) in [5.74, 6) is -2.10. The fourth-order valence-corrected chi connectivity index (χ4v) is 1.42. The average molecular weight is 230 g/mol. The molecule has 1 heterocycles. The van der Waals surface area contributed by atoms with Gasteiger partial charge in [-0.05, 0) is 13.0 Å². The molecule has 16 heavy (non-hydrogen) atoms. The zero-order valence-corrected chi connectivity index (χ0v) is 8.28. The predicted molar refractivity (Wildman–Crippen MR) is 51.3 cm³/mol. The lowest BCUT2D eigenvalue weighted by Crippen LogP contribution is -2.43. The summed E-state index contributed by atoms with van der Waals surface area (Å²) in [7, 11) is 0. The molecule has 0 fully saturated rings. The first kappa shape index (κ1) is 9.53. The van der Waals surface area contributed by atoms with E-state index in [9.17, 15) is 18.7 Å². The molecule has 4 nitrogen and oxygen atoms in total. The molecule has 1 aromatic carbocycles. The van der Waals surface area contributed by atoms with Crippen molar-refractivity contribution in [2.24, 2.45) is 0 Å². The van der Waals surface area contributed by atoms with E-state index in [2.05, 4.69) is 4.74 Å². The van der Waals surface area contributed by atoms with Gasteiger partial charge in [0, 0.05) is 5.56 Å². The van der Waals surface area contributed by atoms with Gasteiger partial charge < -0.3 is 15.2 Å². The number of alkyl halides is 2. The second-order valence-electron chi connectivity index (χ2n) is 3.41. The third-order valence-corrected chi connectivity index (χ3v) is 2.18. The predicted octanol–water partition coefficient (Wildman–Crippen LogP) is 1.66. The molecule has 2 rings (SSSR count). The van der Waals surface area contributed by atoms with Gasteiger partial charge in [0.05, 0.1) is 11.8 Å². The van der Waals surface area contributed by atoms with Crippen molar-refractivity contribution in [3.63, 3.8) is 0 Å². The average Bonchev–Trinajstić information content (AvgIpc) is 2.25. The molecule has 0 radical (unpaired) electrons. The van der Waals surface area contributed by atoms with E-state index < -0.39 is 18.1 Å². The van der Waals surface area contributed by atoms with Crippen molar-refractivity contribution in [1.82, 2.24) is 0 Å². The van der Waals surface area contributed by atoms with Crippen LogP contribution in [0.1, 0.15) is 18.6 Å². The van der Waals surface area contributed by atoms with E-state index in [1.807, 2.05) is 0 Å². The number of aliphatic hydroxyl groups excluding tert-OH is 1. The largest absolute Gasteiger partial charge is 0.482 e. The molecule has 1 atom stereocenters. The molecule has 6 heteroatoms. The molecule has 0 bridgehead atoms. The van der Waals surface area contributed by atoms with Gasteiger partial charge in [-0.15, -0.1) is 0 Å². The first-order valence-electron chi connectivity index (χ1n) is 5.00. The van der Waals surface area contributed by atoms with Crippen molar-refractivity contribution in [3.05, 3.63) is 23.8 Å². The maximum Gasteiger partial charge on any atom is 0.482 e. The summed E-state index contributed by atoms with van der Waals surface area (Å²) in [6, 6.07) is 4.13. The van der Waals surface area contributed by atoms with Crippen LogP contribution in [0.4, 0.5) is 14.5 Å². The Kier molecular flexibility index (Phi) is 2.03. The van der Waals surface area contributed by atoms with Gasteiger partial charge in [0.2, 0.25) is 0 Å². The van der Waals surface area contributed by atoms with E-state index in [1.54, 1.807) is 0 Å². The summed E-state index contributed by atoms with van der Waals surface area (Å²) in [6.45, 7) is 1.38. The van der Waals surface area contributed by atoms with E-state index >= 15 is 0 Å². The highest BCUT2D eigenvalue weighted by atomic mass is 19.3. The Morgan fingerprint density at radius 2 is 2.31 bits per heavy atom. The Balaban J connectivity index is 2.61. The fourth-order valence-electron chi connectivity index (χ4n) is 1.42. The minimum absolute atomic E-state index is 0.0741. The number of nitrogens with one attached hydrogen (secondary N) is 1. The summed E-state index contributed by atoms with van der Waals surface area (Å²) in [4.78, 5) is 11.1. The summed E-state index contributed by atoms with van der Waals surface area (Å²) in [6.07, 6.45) is -5.12. The summed E-state index contributed by atoms with van der Waals surface area (Å²) >= 11 is 0. The molecule has 0 aromatic heterocycles. The van der Waals surface area contributed by atoms with E-state index in [0.29, 0.717) is 0 Å². The zero-order chi connectivity index (χ0) is 12.8. The number of anilines is 1. The maximum atomic E-state index is 13.2. The van der Waals surface area contributed by atoms with Crippen LogP contribution in [-0.4, -0.2) is 17.1 Å². The quantitative estimate of drug-likeness (QED) is 0.771. The smallest absolute Gasteiger partial charge is 0.423 e. The fraction of sp³-hybridized carbons (Fsp3) is 0.300. The van der Waals surface area contributed by atoms with Gasteiger partial charge in [0.25, 0.3) is 0 Å². The Morgan fingerprint density at radius 1 is 1.62 bits per heavy atom. The van der Waals surface area contributed by atoms with Gasteiger partial charge in [0.1, 0.15) is 0 Å². The highest BCUT2D eigenvalue weighted by Crippen LogP contribution is 2.40. The van der Waals surface area contributed by atoms with Crippen molar-refractivity contribution in [1.29, 1.82) is 0 Å². The molecule has 1 aliphatic rings. The summed E-state index contributed by atoms with van der Waals surface area (Å²) in [5, 5.41) is 9.49. The Labute approximate surface area is 91.3 Å². The van der Waals surface area contributed by atoms with E-state index in [1.165, 1.54) is 25.1 Å². The van der Waals surface area contributed by atoms with Crippen LogP contribution in [-0.2, 0) is 4.79 Å². The van der Waals surface area contributed by atoms with Gasteiger partial charge >= 0.3 is 12.0 Å². The standard InChI is InChI=1S/C10H9F2NO3/c1-5(14)6-3-2-4-7-8(6)16-10(11,12)9(15)13-7/h2-5,14H,1H3,(H,13,15)/i/hD. The highest BCUT2D eigenvalue weighted by molar-refractivity contribution is 5.98. The Morgan fingerprint density at radius 3 is 2.94 bits per heavy atom. The molecular formula is C10H9F2NO3. The van der Waals surface area contributed by atoms with Crippen LogP contribution in [0, 0.1) is 0 Å². The van der Waals surface area contributed by atoms with Gasteiger partial charge in [-0.2, -0.15) is 8.78 Å². The minimum Gasteiger partial charge on any atom is -0.423 e. The number of amides is 1. The van der Waals surface area contributed by atoms with E-state index in [0.717, 1.165) is 0 Å². The van der Waals surface area contributed by atoms with Crippen LogP contribution in [0.15, 0.2) is 18.2 Å². The monoisotopic (exact) mass is 230 g/mol. The Hall–Kier alpha value is -1.69. The van der Waals surface area contributed by atoms with Gasteiger partial charge in [0.15, 0.2) is 7.16 Å². The number of ether oxygens (including phenoxy) is 1. The van der Waals surface area contributed by atoms with Crippen molar-refractivity contribution in [2.75, 3.05) is 5.31 Å². The first-order chi connectivity index (χ1) is 7.84. The number of hydrogen-bond donors (Lipinski definition) is 2. The van der Waals surface area contributed by atoms with Crippen molar-refractivity contribution in [3.8, 4) is 5.75 Å². The van der Waals surface area contributed by atoms with Gasteiger partial charge in [-0.25, -0.2) is 0 Å². The summed E-state index contributed by atoms with van der Waals surface area (Å²) in [5.41, 5.74) is -0.00810. The normalized spacial score (nSPS) is 20.9. The van der Waals surface area contributed by atoms with E-state index in [-0.39, 0.29) is 22.3 Å². The topological polar surface area (TPSA) is 58.6 Å². The lowest BCUT2D eigenvalue weighted by atomic mass is 10.1. The van der Waals surface area contributed by atoms with Crippen LogP contribution >= 0.6 is 0 Å². The van der Waals surface area contributed by atoms with Gasteiger partial charge in [-0.1, -0.05) is 12.1 Å². The summed E-state index contributed by atoms with van der Waals surface area (Å²) < 4.78 is 37.9. The molecule has 86 valence electrons. The molecule has 1 aliphatic heterocycles. The van der Waals surface area contributed by atoms with Crippen molar-refractivity contribution >= 4 is 11.6 Å². The van der Waals surface area contributed by atoms with Crippen LogP contribution in [0.2, 0.25) is 1.41 Å². The molecule has 0 saturated heterocycles. The molecule has 0 spiro atoms. The molecule has 0 aliphatic carbocycles. The molecule has 2 N–H and O–H groups in total. The SMILES string of the molecule is [2H]N1C(=O)C(F)(F)Oc2c(C(C)O)cccc21. The number of halogens is 2. The number of rotatable bonds is 1. The number of hydrogen-bond acceptors (Lipinski definition) is 3. The second-order valence-corrected chi connectivity index (χ2v) is 3.41. The first-order valence-corrected chi connectivity index (χ1v) is 4.56. The molecule has 1 amide bonds. The van der Waals surface area contributed by atoms with Crippen molar-refractivity contribution in [2.45, 2.75) is 19.1 Å². The van der Waals surface area contributed by atoms with Crippen LogP contribution in [0.25, 0.3) is 0 Å². The number of para-hydroxylation sites is 1. The number of carbonyl (C=O) groups is 1. The highest BCUT2D eigenvalue weighted by Gasteiger charge is 2.47. The zero-order valence-electron chi connectivity index (χ0n) is 9.28. The number of benzene rings is 1. The maximum absolute atomic E-state index is 13.2. The third kappa shape index (κ3) is 1.61. The third-order valence-electron chi connectivity index (χ3n) is 2.18. The molecule has 1 unspecified atom stereocenters. The minimum atomic E-state index is -4.08. The van der Waals surface area contributed by atoms with Crippen molar-refractivity contribution < 1.29 is 24.8 Å². The number of fused-ring (bicyclic) bond motifs is 1. The van der Waals surface area contributed by atoms with Gasteiger partial charge in [-0.3, -0.25) is 4.79 Å².